The van der Waals surface area contributed by atoms with Crippen LogP contribution >= 0.6 is 22.6 Å². The lowest BCUT2D eigenvalue weighted by molar-refractivity contribution is 1.19. The normalized spacial score (nSPS) is 11.1. The van der Waals surface area contributed by atoms with Crippen molar-refractivity contribution in [3.8, 4) is 22.5 Å². The first-order valence-corrected chi connectivity index (χ1v) is 12.1. The van der Waals surface area contributed by atoms with Crippen molar-refractivity contribution in [2.24, 2.45) is 0 Å². The molecule has 7 heteroatoms. The lowest BCUT2D eigenvalue weighted by Gasteiger charge is -2.14. The van der Waals surface area contributed by atoms with Crippen LogP contribution in [-0.2, 0) is 0 Å². The summed E-state index contributed by atoms with van der Waals surface area (Å²) in [5, 5.41) is 4.36. The first-order valence-electron chi connectivity index (χ1n) is 11.0. The summed E-state index contributed by atoms with van der Waals surface area (Å²) in [5.41, 5.74) is 6.45. The summed E-state index contributed by atoms with van der Waals surface area (Å²) in [5.74, 6) is 0. The summed E-state index contributed by atoms with van der Waals surface area (Å²) >= 11 is 2.31. The maximum atomic E-state index is 12.5. The van der Waals surface area contributed by atoms with Gasteiger partial charge in [0.15, 0.2) is 5.65 Å². The summed E-state index contributed by atoms with van der Waals surface area (Å²) in [6, 6.07) is 29.3. The highest BCUT2D eigenvalue weighted by Gasteiger charge is 2.17. The molecule has 0 saturated carbocycles. The topological polar surface area (TPSA) is 83.6 Å². The van der Waals surface area contributed by atoms with Crippen LogP contribution in [0.3, 0.4) is 0 Å². The number of nitrogens with one attached hydrogen (secondary N) is 2. The van der Waals surface area contributed by atoms with Crippen molar-refractivity contribution in [1.29, 1.82) is 0 Å². The summed E-state index contributed by atoms with van der Waals surface area (Å²) in [7, 11) is 0. The van der Waals surface area contributed by atoms with Gasteiger partial charge in [0.05, 0.1) is 22.6 Å². The molecule has 0 unspecified atom stereocenters. The van der Waals surface area contributed by atoms with Gasteiger partial charge in [0.1, 0.15) is 5.52 Å². The van der Waals surface area contributed by atoms with Crippen LogP contribution in [0.2, 0.25) is 0 Å². The van der Waals surface area contributed by atoms with Crippen molar-refractivity contribution in [2.45, 2.75) is 0 Å². The predicted octanol–water partition coefficient (Wildman–Crippen LogP) is 6.55. The van der Waals surface area contributed by atoms with E-state index < -0.39 is 0 Å². The van der Waals surface area contributed by atoms with E-state index in [1.165, 1.54) is 6.07 Å². The van der Waals surface area contributed by atoms with E-state index in [0.29, 0.717) is 22.5 Å². The number of rotatable bonds is 4. The highest BCUT2D eigenvalue weighted by Crippen LogP contribution is 2.35. The highest BCUT2D eigenvalue weighted by molar-refractivity contribution is 14.1. The van der Waals surface area contributed by atoms with Crippen LogP contribution in [0.5, 0.6) is 0 Å². The van der Waals surface area contributed by atoms with E-state index in [2.05, 4.69) is 50.0 Å². The van der Waals surface area contributed by atoms with Crippen LogP contribution in [0.15, 0.2) is 102 Å². The number of fused-ring (bicyclic) bond motifs is 2. The fourth-order valence-corrected chi connectivity index (χ4v) is 4.90. The molecule has 0 fully saturated rings. The molecule has 6 rings (SSSR count). The van der Waals surface area contributed by atoms with Crippen molar-refractivity contribution in [1.82, 2.24) is 19.9 Å². The van der Waals surface area contributed by atoms with Crippen molar-refractivity contribution in [3.05, 3.63) is 111 Å². The molecule has 0 spiro atoms. The van der Waals surface area contributed by atoms with Gasteiger partial charge in [-0.2, -0.15) is 0 Å². The van der Waals surface area contributed by atoms with E-state index in [-0.39, 0.29) is 5.56 Å². The zero-order valence-corrected chi connectivity index (χ0v) is 20.5. The Hall–Kier alpha value is -4.11. The molecule has 0 aliphatic heterocycles. The predicted molar refractivity (Wildman–Crippen MR) is 149 cm³/mol. The molecule has 0 saturated heterocycles. The fraction of sp³-hybridized carbons (Fsp3) is 0. The number of anilines is 2. The molecule has 0 amide bonds. The standard InChI is InChI=1S/C28H18IN5O/c29-21-15-19(14-18-10-7-13-30-24(18)21)26-25(17-8-3-1-4-9-17)34-28-27(33-26)22(16-23(35)32-28)31-20-11-5-2-6-12-20/h1-16H,(H2,31,32,34,35). The van der Waals surface area contributed by atoms with Crippen molar-refractivity contribution >= 4 is 56.0 Å². The van der Waals surface area contributed by atoms with Gasteiger partial charge in [0.25, 0.3) is 5.56 Å². The van der Waals surface area contributed by atoms with Gasteiger partial charge < -0.3 is 10.3 Å². The summed E-state index contributed by atoms with van der Waals surface area (Å²) in [6.07, 6.45) is 1.80. The largest absolute Gasteiger partial charge is 0.353 e. The van der Waals surface area contributed by atoms with E-state index in [1.54, 1.807) is 6.20 Å². The van der Waals surface area contributed by atoms with Crippen molar-refractivity contribution < 1.29 is 0 Å². The second-order valence-corrected chi connectivity index (χ2v) is 9.22. The SMILES string of the molecule is O=c1cc(Nc2ccccc2)c2nc(-c3cc(I)c4ncccc4c3)c(-c3ccccc3)nc2[nH]1. The first kappa shape index (κ1) is 21.4. The summed E-state index contributed by atoms with van der Waals surface area (Å²) in [6.45, 7) is 0. The summed E-state index contributed by atoms with van der Waals surface area (Å²) < 4.78 is 1.03. The van der Waals surface area contributed by atoms with Crippen LogP contribution in [0.4, 0.5) is 11.4 Å². The smallest absolute Gasteiger partial charge is 0.251 e. The van der Waals surface area contributed by atoms with Gasteiger partial charge in [0, 0.05) is 38.0 Å². The molecule has 0 aliphatic carbocycles. The van der Waals surface area contributed by atoms with E-state index in [0.717, 1.165) is 37.0 Å². The lowest BCUT2D eigenvalue weighted by atomic mass is 10.0. The third-order valence-corrected chi connectivity index (χ3v) is 6.52. The van der Waals surface area contributed by atoms with Gasteiger partial charge in [-0.3, -0.25) is 9.78 Å². The van der Waals surface area contributed by atoms with E-state index in [9.17, 15) is 4.79 Å². The number of halogens is 1. The maximum absolute atomic E-state index is 12.5. The number of hydrogen-bond donors (Lipinski definition) is 2. The summed E-state index contributed by atoms with van der Waals surface area (Å²) in [4.78, 5) is 29.9. The minimum absolute atomic E-state index is 0.247. The molecular formula is C28H18IN5O. The number of H-pyrrole nitrogens is 1. The van der Waals surface area contributed by atoms with Crippen molar-refractivity contribution in [2.75, 3.05) is 5.32 Å². The second kappa shape index (κ2) is 8.92. The minimum atomic E-state index is -0.247. The van der Waals surface area contributed by atoms with E-state index >= 15 is 0 Å². The van der Waals surface area contributed by atoms with Crippen LogP contribution in [0.25, 0.3) is 44.6 Å². The molecule has 6 aromatic rings. The van der Waals surface area contributed by atoms with Gasteiger partial charge in [0.2, 0.25) is 0 Å². The highest BCUT2D eigenvalue weighted by atomic mass is 127. The third kappa shape index (κ3) is 4.15. The maximum Gasteiger partial charge on any atom is 0.251 e. The van der Waals surface area contributed by atoms with Gasteiger partial charge in [-0.05, 0) is 52.9 Å². The fourth-order valence-electron chi connectivity index (χ4n) is 4.12. The molecule has 0 atom stereocenters. The van der Waals surface area contributed by atoms with Crippen LogP contribution < -0.4 is 10.9 Å². The minimum Gasteiger partial charge on any atom is -0.353 e. The number of hydrogen-bond acceptors (Lipinski definition) is 5. The van der Waals surface area contributed by atoms with E-state index in [4.69, 9.17) is 9.97 Å². The molecule has 35 heavy (non-hydrogen) atoms. The Morgan fingerprint density at radius 1 is 0.743 bits per heavy atom. The average Bonchev–Trinajstić information content (AvgIpc) is 2.89. The monoisotopic (exact) mass is 567 g/mol. The molecule has 3 heterocycles. The Morgan fingerprint density at radius 2 is 1.49 bits per heavy atom. The van der Waals surface area contributed by atoms with Gasteiger partial charge in [-0.25, -0.2) is 9.97 Å². The zero-order chi connectivity index (χ0) is 23.8. The molecule has 3 aromatic heterocycles. The van der Waals surface area contributed by atoms with Crippen molar-refractivity contribution in [3.63, 3.8) is 0 Å². The Labute approximate surface area is 214 Å². The molecule has 168 valence electrons. The molecule has 0 bridgehead atoms. The first-order chi connectivity index (χ1) is 17.2. The number of nitrogens with zero attached hydrogens (tertiary/aromatic N) is 3. The lowest BCUT2D eigenvalue weighted by Crippen LogP contribution is -2.10. The van der Waals surface area contributed by atoms with Crippen LogP contribution in [-0.4, -0.2) is 19.9 Å². The molecule has 0 aliphatic rings. The average molecular weight is 567 g/mol. The number of aromatic amines is 1. The number of benzene rings is 3. The molecule has 2 N–H and O–H groups in total. The van der Waals surface area contributed by atoms with Crippen LogP contribution in [0.1, 0.15) is 0 Å². The van der Waals surface area contributed by atoms with Crippen LogP contribution in [0, 0.1) is 3.57 Å². The Bertz CT molecular complexity index is 1750. The molecule has 0 radical (unpaired) electrons. The molecule has 3 aromatic carbocycles. The molecule has 6 nitrogen and oxygen atoms in total. The Morgan fingerprint density at radius 3 is 2.29 bits per heavy atom. The van der Waals surface area contributed by atoms with Gasteiger partial charge >= 0.3 is 0 Å². The number of para-hydroxylation sites is 1. The van der Waals surface area contributed by atoms with Gasteiger partial charge in [-0.15, -0.1) is 0 Å². The van der Waals surface area contributed by atoms with Gasteiger partial charge in [-0.1, -0.05) is 54.6 Å². The quantitative estimate of drug-likeness (QED) is 0.236. The Kier molecular flexibility index (Phi) is 5.46. The van der Waals surface area contributed by atoms with E-state index in [1.807, 2.05) is 72.8 Å². The number of pyridine rings is 2. The molecular weight excluding hydrogens is 549 g/mol. The Balaban J connectivity index is 1.64. The second-order valence-electron chi connectivity index (χ2n) is 8.06. The zero-order valence-electron chi connectivity index (χ0n) is 18.4. The third-order valence-electron chi connectivity index (χ3n) is 5.70. The number of aromatic nitrogens is 4.